The number of hydrogen-bond acceptors (Lipinski definition) is 10. The first-order chi connectivity index (χ1) is 28.0. The number of aryl methyl sites for hydroxylation is 2. The van der Waals surface area contributed by atoms with E-state index in [9.17, 15) is 18.3 Å². The molecule has 5 aromatic carbocycles. The molecule has 1 amide bonds. The van der Waals surface area contributed by atoms with Gasteiger partial charge in [-0.25, -0.2) is 8.42 Å². The second-order valence-electron chi connectivity index (χ2n) is 14.4. The number of thioether (sulfide) groups is 1. The van der Waals surface area contributed by atoms with E-state index < -0.39 is 28.3 Å². The zero-order chi connectivity index (χ0) is 40.6. The first-order valence-electron chi connectivity index (χ1n) is 19.1. The first kappa shape index (κ1) is 41.4. The van der Waals surface area contributed by atoms with Gasteiger partial charge in [-0.05, 0) is 77.9 Å². The van der Waals surface area contributed by atoms with Crippen molar-refractivity contribution in [3.63, 3.8) is 0 Å². The summed E-state index contributed by atoms with van der Waals surface area (Å²) in [6.45, 7) is 6.14. The van der Waals surface area contributed by atoms with E-state index in [2.05, 4.69) is 33.2 Å². The fraction of sp³-hybridized carbons (Fsp3) is 0.267. The van der Waals surface area contributed by atoms with Gasteiger partial charge < -0.3 is 19.9 Å². The Morgan fingerprint density at radius 1 is 0.810 bits per heavy atom. The molecule has 0 saturated carbocycles. The van der Waals surface area contributed by atoms with Crippen molar-refractivity contribution in [1.29, 1.82) is 0 Å². The molecule has 1 aliphatic rings. The standard InChI is InChI=1S/C45H46N4O6S3/c1-29-15-21-39(22-16-29)58(52,53)49-40(24-32-9-5-4-6-10-32)43(51)46-26-34-11-7-12-36(23-34)37-13-8-14-38(25-37)44-54-41(28-56-45-48-47-31(3)57-45)30(2)42(55-44)35-19-17-33(27-50)18-20-35/h4-23,25,30,40-42,44,49-50H,24,26-28H2,1-3H3,(H,46,51). The van der Waals surface area contributed by atoms with Crippen LogP contribution in [0.2, 0.25) is 0 Å². The van der Waals surface area contributed by atoms with Crippen molar-refractivity contribution in [2.75, 3.05) is 5.75 Å². The highest BCUT2D eigenvalue weighted by molar-refractivity contribution is 8.01. The van der Waals surface area contributed by atoms with Gasteiger partial charge in [0.2, 0.25) is 15.9 Å². The normalized spacial score (nSPS) is 18.8. The number of aliphatic hydroxyl groups is 1. The molecule has 1 saturated heterocycles. The maximum atomic E-state index is 13.7. The van der Waals surface area contributed by atoms with Gasteiger partial charge in [0.25, 0.3) is 0 Å². The van der Waals surface area contributed by atoms with Crippen LogP contribution in [0.3, 0.4) is 0 Å². The highest BCUT2D eigenvalue weighted by Gasteiger charge is 2.38. The summed E-state index contributed by atoms with van der Waals surface area (Å²) in [7, 11) is -3.97. The van der Waals surface area contributed by atoms with E-state index in [0.29, 0.717) is 5.75 Å². The van der Waals surface area contributed by atoms with E-state index >= 15 is 0 Å². The summed E-state index contributed by atoms with van der Waals surface area (Å²) >= 11 is 3.20. The van der Waals surface area contributed by atoms with Crippen LogP contribution in [0.25, 0.3) is 11.1 Å². The molecule has 5 unspecified atom stereocenters. The summed E-state index contributed by atoms with van der Waals surface area (Å²) in [4.78, 5) is 13.8. The van der Waals surface area contributed by atoms with Crippen molar-refractivity contribution in [3.05, 3.63) is 166 Å². The topological polar surface area (TPSA) is 140 Å². The quantitative estimate of drug-likeness (QED) is 0.0876. The maximum absolute atomic E-state index is 13.7. The monoisotopic (exact) mass is 834 g/mol. The minimum absolute atomic E-state index is 0.0259. The van der Waals surface area contributed by atoms with Crippen molar-refractivity contribution in [2.45, 2.75) is 74.1 Å². The van der Waals surface area contributed by atoms with Gasteiger partial charge in [-0.3, -0.25) is 4.79 Å². The molecule has 1 aromatic heterocycles. The molecule has 5 atom stereocenters. The third-order valence-corrected chi connectivity index (χ3v) is 13.7. The number of aliphatic hydroxyl groups excluding tert-OH is 1. The average Bonchev–Trinajstić information content (AvgIpc) is 3.67. The molecule has 3 N–H and O–H groups in total. The Kier molecular flexibility index (Phi) is 13.5. The zero-order valence-corrected chi connectivity index (χ0v) is 34.9. The number of ether oxygens (including phenoxy) is 2. The molecule has 7 rings (SSSR count). The Labute approximate surface area is 348 Å². The first-order valence-corrected chi connectivity index (χ1v) is 22.4. The Hall–Kier alpha value is -4.73. The molecule has 58 heavy (non-hydrogen) atoms. The van der Waals surface area contributed by atoms with Crippen LogP contribution in [0.4, 0.5) is 0 Å². The molecular weight excluding hydrogens is 789 g/mol. The number of rotatable bonds is 15. The lowest BCUT2D eigenvalue weighted by Gasteiger charge is -2.41. The molecule has 1 fully saturated rings. The summed E-state index contributed by atoms with van der Waals surface area (Å²) in [6.07, 6.45) is -0.868. The van der Waals surface area contributed by atoms with Crippen molar-refractivity contribution in [3.8, 4) is 11.1 Å². The van der Waals surface area contributed by atoms with Crippen LogP contribution in [0.1, 0.15) is 57.7 Å². The van der Waals surface area contributed by atoms with Crippen molar-refractivity contribution in [2.24, 2.45) is 5.92 Å². The summed E-state index contributed by atoms with van der Waals surface area (Å²) in [5.74, 6) is 0.272. The fourth-order valence-corrected chi connectivity index (χ4v) is 10.0. The molecule has 0 spiro atoms. The van der Waals surface area contributed by atoms with E-state index in [4.69, 9.17) is 9.47 Å². The highest BCUT2D eigenvalue weighted by atomic mass is 32.2. The lowest BCUT2D eigenvalue weighted by atomic mass is 9.91. The van der Waals surface area contributed by atoms with Gasteiger partial charge in [0.15, 0.2) is 10.6 Å². The summed E-state index contributed by atoms with van der Waals surface area (Å²) < 4.78 is 43.7. The Bertz CT molecular complexity index is 2410. The molecule has 2 heterocycles. The van der Waals surface area contributed by atoms with Crippen LogP contribution in [-0.4, -0.2) is 47.5 Å². The molecule has 6 aromatic rings. The van der Waals surface area contributed by atoms with Crippen LogP contribution in [0.5, 0.6) is 0 Å². The van der Waals surface area contributed by atoms with E-state index in [1.54, 1.807) is 47.4 Å². The van der Waals surface area contributed by atoms with E-state index in [0.717, 1.165) is 53.9 Å². The van der Waals surface area contributed by atoms with Crippen LogP contribution in [0.15, 0.2) is 137 Å². The number of hydrogen-bond donors (Lipinski definition) is 3. The second-order valence-corrected chi connectivity index (χ2v) is 18.6. The molecular formula is C45H46N4O6S3. The molecule has 0 bridgehead atoms. The van der Waals surface area contributed by atoms with E-state index in [1.165, 1.54) is 0 Å². The van der Waals surface area contributed by atoms with Crippen LogP contribution in [0, 0.1) is 19.8 Å². The number of carbonyl (C=O) groups is 1. The Morgan fingerprint density at radius 3 is 2.22 bits per heavy atom. The van der Waals surface area contributed by atoms with Crippen molar-refractivity contribution in [1.82, 2.24) is 20.2 Å². The number of aromatic nitrogens is 2. The largest absolute Gasteiger partial charge is 0.392 e. The minimum atomic E-state index is -3.97. The Morgan fingerprint density at radius 2 is 1.52 bits per heavy atom. The van der Waals surface area contributed by atoms with E-state index in [-0.39, 0.29) is 42.6 Å². The molecule has 10 nitrogen and oxygen atoms in total. The van der Waals surface area contributed by atoms with Gasteiger partial charge in [-0.1, -0.05) is 139 Å². The zero-order valence-electron chi connectivity index (χ0n) is 32.4. The van der Waals surface area contributed by atoms with Crippen LogP contribution >= 0.6 is 23.1 Å². The smallest absolute Gasteiger partial charge is 0.241 e. The van der Waals surface area contributed by atoms with Crippen molar-refractivity contribution >= 4 is 39.0 Å². The number of nitrogens with one attached hydrogen (secondary N) is 2. The Balaban J connectivity index is 1.08. The number of amides is 1. The summed E-state index contributed by atoms with van der Waals surface area (Å²) in [5.41, 5.74) is 7.22. The predicted molar refractivity (Wildman–Crippen MR) is 227 cm³/mol. The molecule has 300 valence electrons. The number of carbonyl (C=O) groups excluding carboxylic acids is 1. The third kappa shape index (κ3) is 10.5. The minimum Gasteiger partial charge on any atom is -0.392 e. The molecule has 13 heteroatoms. The summed E-state index contributed by atoms with van der Waals surface area (Å²) in [5, 5.41) is 22.0. The SMILES string of the molecule is Cc1ccc(S(=O)(=O)NC(Cc2ccccc2)C(=O)NCc2cccc(-c3cccc(C4OC(CSc5nnc(C)s5)C(C)C(c5ccc(CO)cc5)O4)c3)c2)cc1. The fourth-order valence-electron chi connectivity index (χ4n) is 6.85. The molecule has 0 aliphatic carbocycles. The number of benzene rings is 5. The van der Waals surface area contributed by atoms with Gasteiger partial charge in [0, 0.05) is 23.8 Å². The number of nitrogens with zero attached hydrogens (tertiary/aromatic N) is 2. The maximum Gasteiger partial charge on any atom is 0.241 e. The van der Waals surface area contributed by atoms with Crippen LogP contribution < -0.4 is 10.0 Å². The van der Waals surface area contributed by atoms with Crippen molar-refractivity contribution < 1.29 is 27.8 Å². The third-order valence-electron chi connectivity index (χ3n) is 10.1. The highest BCUT2D eigenvalue weighted by Crippen LogP contribution is 2.43. The summed E-state index contributed by atoms with van der Waals surface area (Å²) in [6, 6.07) is 38.7. The lowest BCUT2D eigenvalue weighted by molar-refractivity contribution is -0.268. The lowest BCUT2D eigenvalue weighted by Crippen LogP contribution is -2.47. The molecule has 1 aliphatic heterocycles. The van der Waals surface area contributed by atoms with Gasteiger partial charge in [-0.15, -0.1) is 10.2 Å². The molecule has 0 radical (unpaired) electrons. The van der Waals surface area contributed by atoms with Gasteiger partial charge in [0.05, 0.1) is 23.7 Å². The van der Waals surface area contributed by atoms with E-state index in [1.807, 2.05) is 111 Å². The second kappa shape index (κ2) is 18.9. The van der Waals surface area contributed by atoms with Gasteiger partial charge in [-0.2, -0.15) is 4.72 Å². The van der Waals surface area contributed by atoms with Crippen LogP contribution in [-0.2, 0) is 43.9 Å². The average molecular weight is 835 g/mol. The number of sulfonamides is 1. The predicted octanol–water partition coefficient (Wildman–Crippen LogP) is 8.10. The van der Waals surface area contributed by atoms with Gasteiger partial charge in [0.1, 0.15) is 11.0 Å². The van der Waals surface area contributed by atoms with Gasteiger partial charge >= 0.3 is 0 Å².